The molecule has 2 rings (SSSR count). The topological polar surface area (TPSA) is 61.3 Å². The first-order valence-corrected chi connectivity index (χ1v) is 5.30. The van der Waals surface area contributed by atoms with Gasteiger partial charge in [-0.1, -0.05) is 6.07 Å². The van der Waals surface area contributed by atoms with Crippen LogP contribution in [0.15, 0.2) is 36.7 Å². The average Bonchev–Trinajstić information content (AvgIpc) is 2.46. The molecule has 0 bridgehead atoms. The highest BCUT2D eigenvalue weighted by Crippen LogP contribution is 2.24. The highest BCUT2D eigenvalue weighted by Gasteiger charge is 2.16. The van der Waals surface area contributed by atoms with Crippen molar-refractivity contribution < 1.29 is 14.3 Å². The summed E-state index contributed by atoms with van der Waals surface area (Å²) in [6.45, 7) is 0. The lowest BCUT2D eigenvalue weighted by molar-refractivity contribution is 0.0594. The van der Waals surface area contributed by atoms with E-state index in [0.29, 0.717) is 11.4 Å². The van der Waals surface area contributed by atoms with Crippen LogP contribution in [0.4, 0.5) is 0 Å². The van der Waals surface area contributed by atoms with Crippen LogP contribution >= 0.6 is 0 Å². The molecule has 18 heavy (non-hydrogen) atoms. The smallest absolute Gasteiger partial charge is 0.357 e. The van der Waals surface area contributed by atoms with Crippen LogP contribution in [0.25, 0.3) is 11.1 Å². The van der Waals surface area contributed by atoms with E-state index in [1.165, 1.54) is 14.2 Å². The molecule has 0 aliphatic rings. The van der Waals surface area contributed by atoms with Gasteiger partial charge in [0.2, 0.25) is 5.88 Å². The maximum atomic E-state index is 11.7. The number of pyridine rings is 2. The van der Waals surface area contributed by atoms with E-state index in [9.17, 15) is 4.79 Å². The third kappa shape index (κ3) is 2.29. The Morgan fingerprint density at radius 2 is 2.06 bits per heavy atom. The standard InChI is InChI=1S/C13H12N2O3/c1-17-11-6-5-10(9-4-3-7-14-8-9)12(15-11)13(16)18-2/h3-8H,1-2H3. The molecule has 0 fully saturated rings. The van der Waals surface area contributed by atoms with Gasteiger partial charge in [0.05, 0.1) is 14.2 Å². The highest BCUT2D eigenvalue weighted by molar-refractivity contribution is 5.95. The maximum absolute atomic E-state index is 11.7. The van der Waals surface area contributed by atoms with Crippen molar-refractivity contribution in [3.05, 3.63) is 42.4 Å². The molecule has 0 aliphatic carbocycles. The summed E-state index contributed by atoms with van der Waals surface area (Å²) < 4.78 is 9.73. The second kappa shape index (κ2) is 5.27. The summed E-state index contributed by atoms with van der Waals surface area (Å²) in [5.74, 6) is -0.143. The third-order valence-electron chi connectivity index (χ3n) is 2.43. The van der Waals surface area contributed by atoms with E-state index < -0.39 is 5.97 Å². The van der Waals surface area contributed by atoms with E-state index >= 15 is 0 Å². The SMILES string of the molecule is COC(=O)c1nc(OC)ccc1-c1cccnc1. The van der Waals surface area contributed by atoms with Crippen molar-refractivity contribution in [3.63, 3.8) is 0 Å². The predicted octanol–water partition coefficient (Wildman–Crippen LogP) is 1.94. The van der Waals surface area contributed by atoms with Gasteiger partial charge in [0.1, 0.15) is 0 Å². The Morgan fingerprint density at radius 3 is 2.67 bits per heavy atom. The second-order valence-corrected chi connectivity index (χ2v) is 3.48. The average molecular weight is 244 g/mol. The molecule has 0 atom stereocenters. The van der Waals surface area contributed by atoms with Crippen LogP contribution in [0, 0.1) is 0 Å². The normalized spacial score (nSPS) is 9.89. The Balaban J connectivity index is 2.56. The summed E-state index contributed by atoms with van der Waals surface area (Å²) in [5.41, 5.74) is 1.67. The minimum Gasteiger partial charge on any atom is -0.481 e. The fraction of sp³-hybridized carbons (Fsp3) is 0.154. The minimum absolute atomic E-state index is 0.213. The van der Waals surface area contributed by atoms with Gasteiger partial charge >= 0.3 is 5.97 Å². The van der Waals surface area contributed by atoms with Crippen LogP contribution in [-0.4, -0.2) is 30.2 Å². The molecule has 5 nitrogen and oxygen atoms in total. The Hall–Kier alpha value is -2.43. The monoisotopic (exact) mass is 244 g/mol. The molecule has 2 aromatic heterocycles. The minimum atomic E-state index is -0.507. The van der Waals surface area contributed by atoms with E-state index in [2.05, 4.69) is 9.97 Å². The lowest BCUT2D eigenvalue weighted by Crippen LogP contribution is -2.07. The maximum Gasteiger partial charge on any atom is 0.357 e. The van der Waals surface area contributed by atoms with Crippen molar-refractivity contribution >= 4 is 5.97 Å². The third-order valence-corrected chi connectivity index (χ3v) is 2.43. The number of nitrogens with zero attached hydrogens (tertiary/aromatic N) is 2. The van der Waals surface area contributed by atoms with Crippen LogP contribution in [0.2, 0.25) is 0 Å². The fourth-order valence-corrected chi connectivity index (χ4v) is 1.56. The number of carbonyl (C=O) groups excluding carboxylic acids is 1. The van der Waals surface area contributed by atoms with Crippen LogP contribution < -0.4 is 4.74 Å². The van der Waals surface area contributed by atoms with Gasteiger partial charge in [-0.25, -0.2) is 9.78 Å². The highest BCUT2D eigenvalue weighted by atomic mass is 16.5. The van der Waals surface area contributed by atoms with Crippen LogP contribution in [0.1, 0.15) is 10.5 Å². The molecule has 0 unspecified atom stereocenters. The summed E-state index contributed by atoms with van der Waals surface area (Å²) in [6, 6.07) is 7.09. The van der Waals surface area contributed by atoms with E-state index in [1.807, 2.05) is 6.07 Å². The summed E-state index contributed by atoms with van der Waals surface area (Å²) >= 11 is 0. The van der Waals surface area contributed by atoms with Gasteiger partial charge in [0.15, 0.2) is 5.69 Å². The molecule has 0 N–H and O–H groups in total. The van der Waals surface area contributed by atoms with E-state index in [0.717, 1.165) is 5.56 Å². The number of rotatable bonds is 3. The number of hydrogen-bond acceptors (Lipinski definition) is 5. The molecular formula is C13H12N2O3. The van der Waals surface area contributed by atoms with Gasteiger partial charge in [0, 0.05) is 29.6 Å². The molecule has 92 valence electrons. The number of esters is 1. The molecule has 0 amide bonds. The Morgan fingerprint density at radius 1 is 1.22 bits per heavy atom. The lowest BCUT2D eigenvalue weighted by Gasteiger charge is -2.08. The zero-order chi connectivity index (χ0) is 13.0. The molecule has 0 spiro atoms. The van der Waals surface area contributed by atoms with E-state index in [1.54, 1.807) is 30.6 Å². The van der Waals surface area contributed by atoms with Crippen LogP contribution in [-0.2, 0) is 4.74 Å². The lowest BCUT2D eigenvalue weighted by atomic mass is 10.1. The number of hydrogen-bond donors (Lipinski definition) is 0. The number of aromatic nitrogens is 2. The molecule has 2 aromatic rings. The van der Waals surface area contributed by atoms with Crippen molar-refractivity contribution in [2.75, 3.05) is 14.2 Å². The Bertz CT molecular complexity index is 555. The summed E-state index contributed by atoms with van der Waals surface area (Å²) in [4.78, 5) is 19.8. The first-order valence-electron chi connectivity index (χ1n) is 5.30. The fourth-order valence-electron chi connectivity index (χ4n) is 1.56. The van der Waals surface area contributed by atoms with Gasteiger partial charge in [-0.2, -0.15) is 0 Å². The van der Waals surface area contributed by atoms with Crippen LogP contribution in [0.3, 0.4) is 0 Å². The quantitative estimate of drug-likeness (QED) is 0.772. The summed E-state index contributed by atoms with van der Waals surface area (Å²) in [7, 11) is 2.81. The zero-order valence-electron chi connectivity index (χ0n) is 10.1. The van der Waals surface area contributed by atoms with Gasteiger partial charge in [-0.3, -0.25) is 4.98 Å². The molecular weight excluding hydrogens is 232 g/mol. The molecule has 2 heterocycles. The van der Waals surface area contributed by atoms with Gasteiger partial charge in [-0.15, -0.1) is 0 Å². The molecule has 5 heteroatoms. The Labute approximate surface area is 104 Å². The first-order chi connectivity index (χ1) is 8.76. The van der Waals surface area contributed by atoms with Crippen molar-refractivity contribution in [2.45, 2.75) is 0 Å². The molecule has 0 saturated heterocycles. The molecule has 0 aromatic carbocycles. The van der Waals surface area contributed by atoms with Gasteiger partial charge in [-0.05, 0) is 12.1 Å². The number of methoxy groups -OCH3 is 2. The first kappa shape index (κ1) is 12.0. The summed E-state index contributed by atoms with van der Waals surface area (Å²) in [6.07, 6.45) is 3.33. The van der Waals surface area contributed by atoms with Crippen molar-refractivity contribution in [1.82, 2.24) is 9.97 Å². The number of carbonyl (C=O) groups is 1. The molecule has 0 aliphatic heterocycles. The number of ether oxygens (including phenoxy) is 2. The second-order valence-electron chi connectivity index (χ2n) is 3.48. The Kier molecular flexibility index (Phi) is 3.52. The van der Waals surface area contributed by atoms with Crippen molar-refractivity contribution in [2.24, 2.45) is 0 Å². The predicted molar refractivity (Wildman–Crippen MR) is 65.4 cm³/mol. The van der Waals surface area contributed by atoms with Crippen molar-refractivity contribution in [1.29, 1.82) is 0 Å². The van der Waals surface area contributed by atoms with E-state index in [4.69, 9.17) is 9.47 Å². The summed E-state index contributed by atoms with van der Waals surface area (Å²) in [5, 5.41) is 0. The van der Waals surface area contributed by atoms with Crippen LogP contribution in [0.5, 0.6) is 5.88 Å². The van der Waals surface area contributed by atoms with Crippen molar-refractivity contribution in [3.8, 4) is 17.0 Å². The molecule has 0 saturated carbocycles. The van der Waals surface area contributed by atoms with Gasteiger partial charge < -0.3 is 9.47 Å². The van der Waals surface area contributed by atoms with Gasteiger partial charge in [0.25, 0.3) is 0 Å². The van der Waals surface area contributed by atoms with E-state index in [-0.39, 0.29) is 5.69 Å². The molecule has 0 radical (unpaired) electrons. The largest absolute Gasteiger partial charge is 0.481 e. The zero-order valence-corrected chi connectivity index (χ0v) is 10.1.